The van der Waals surface area contributed by atoms with Crippen LogP contribution in [0.2, 0.25) is 0 Å². The zero-order valence-corrected chi connectivity index (χ0v) is 10.1. The molecule has 0 amide bonds. The minimum Gasteiger partial charge on any atom is -0.305 e. The zero-order chi connectivity index (χ0) is 11.7. The normalized spacial score (nSPS) is 18.3. The van der Waals surface area contributed by atoms with Crippen LogP contribution in [-0.2, 0) is 0 Å². The van der Waals surface area contributed by atoms with Gasteiger partial charge in [0.1, 0.15) is 5.37 Å². The molecular formula is C11H11N5S. The number of nitrogens with zero attached hydrogens (tertiary/aromatic N) is 4. The molecule has 5 nitrogen and oxygen atoms in total. The zero-order valence-electron chi connectivity index (χ0n) is 9.24. The second kappa shape index (κ2) is 4.21. The molecule has 0 unspecified atom stereocenters. The van der Waals surface area contributed by atoms with E-state index in [1.807, 2.05) is 29.8 Å². The molecule has 1 N–H and O–H groups in total. The van der Waals surface area contributed by atoms with Gasteiger partial charge in [-0.3, -0.25) is 4.98 Å². The molecule has 3 heterocycles. The van der Waals surface area contributed by atoms with E-state index in [1.54, 1.807) is 24.2 Å². The Labute approximate surface area is 103 Å². The van der Waals surface area contributed by atoms with Crippen molar-refractivity contribution < 1.29 is 0 Å². The molecule has 1 atom stereocenters. The Bertz CT molecular complexity index is 548. The van der Waals surface area contributed by atoms with Crippen molar-refractivity contribution in [2.45, 2.75) is 17.5 Å². The average molecular weight is 245 g/mol. The standard InChI is InChI=1S/C11H11N5S/c1-2-4-9-15-16-10(13-14-11(16)17-9)8-5-3-6-12-7-8/h2-7,9,15H,1H3/b4-2+/t9-/m0/s1. The Kier molecular flexibility index (Phi) is 2.56. The molecule has 2 aromatic rings. The third-order valence-corrected chi connectivity index (χ3v) is 3.40. The van der Waals surface area contributed by atoms with Gasteiger partial charge in [-0.1, -0.05) is 23.9 Å². The number of allylic oxidation sites excluding steroid dienone is 1. The maximum absolute atomic E-state index is 4.17. The molecular weight excluding hydrogens is 234 g/mol. The predicted octanol–water partition coefficient (Wildman–Crippen LogP) is 1.89. The van der Waals surface area contributed by atoms with Crippen molar-refractivity contribution in [3.63, 3.8) is 0 Å². The largest absolute Gasteiger partial charge is 0.305 e. The summed E-state index contributed by atoms with van der Waals surface area (Å²) in [6.45, 7) is 2.00. The van der Waals surface area contributed by atoms with E-state index < -0.39 is 0 Å². The highest BCUT2D eigenvalue weighted by molar-refractivity contribution is 8.00. The SMILES string of the molecule is C/C=C/[C@H]1Nn2c(nnc2-c2cccnc2)S1. The number of fused-ring (bicyclic) bond motifs is 1. The molecule has 3 rings (SSSR count). The van der Waals surface area contributed by atoms with Crippen LogP contribution in [0.15, 0.2) is 41.8 Å². The number of hydrogen-bond acceptors (Lipinski definition) is 5. The first-order chi connectivity index (χ1) is 8.38. The molecule has 0 radical (unpaired) electrons. The first kappa shape index (κ1) is 10.3. The Morgan fingerprint density at radius 3 is 3.18 bits per heavy atom. The van der Waals surface area contributed by atoms with Crippen LogP contribution < -0.4 is 5.43 Å². The summed E-state index contributed by atoms with van der Waals surface area (Å²) >= 11 is 1.65. The van der Waals surface area contributed by atoms with Gasteiger partial charge >= 0.3 is 0 Å². The van der Waals surface area contributed by atoms with Crippen molar-refractivity contribution in [2.24, 2.45) is 0 Å². The van der Waals surface area contributed by atoms with Gasteiger partial charge in [0.25, 0.3) is 0 Å². The van der Waals surface area contributed by atoms with E-state index in [1.165, 1.54) is 0 Å². The fourth-order valence-electron chi connectivity index (χ4n) is 1.67. The molecule has 0 saturated heterocycles. The third kappa shape index (κ3) is 1.80. The molecule has 17 heavy (non-hydrogen) atoms. The Hall–Kier alpha value is -1.82. The number of pyridine rings is 1. The molecule has 86 valence electrons. The second-order valence-corrected chi connectivity index (χ2v) is 4.69. The fourth-order valence-corrected chi connectivity index (χ4v) is 2.62. The lowest BCUT2D eigenvalue weighted by Gasteiger charge is -2.07. The first-order valence-corrected chi connectivity index (χ1v) is 6.18. The van der Waals surface area contributed by atoms with Gasteiger partial charge in [-0.25, -0.2) is 4.68 Å². The molecule has 0 aliphatic carbocycles. The van der Waals surface area contributed by atoms with E-state index in [9.17, 15) is 0 Å². The van der Waals surface area contributed by atoms with Crippen molar-refractivity contribution in [1.82, 2.24) is 19.9 Å². The number of thioether (sulfide) groups is 1. The number of aromatic nitrogens is 4. The highest BCUT2D eigenvalue weighted by atomic mass is 32.2. The molecule has 2 aromatic heterocycles. The van der Waals surface area contributed by atoms with Gasteiger partial charge in [-0.15, -0.1) is 10.2 Å². The molecule has 0 aromatic carbocycles. The summed E-state index contributed by atoms with van der Waals surface area (Å²) in [6, 6.07) is 3.86. The van der Waals surface area contributed by atoms with Crippen LogP contribution in [-0.4, -0.2) is 25.2 Å². The Morgan fingerprint density at radius 1 is 1.47 bits per heavy atom. The van der Waals surface area contributed by atoms with Crippen molar-refractivity contribution in [3.8, 4) is 11.4 Å². The maximum atomic E-state index is 4.17. The minimum atomic E-state index is 0.223. The summed E-state index contributed by atoms with van der Waals surface area (Å²) in [7, 11) is 0. The third-order valence-electron chi connectivity index (χ3n) is 2.41. The summed E-state index contributed by atoms with van der Waals surface area (Å²) < 4.78 is 1.91. The highest BCUT2D eigenvalue weighted by Crippen LogP contribution is 2.31. The Balaban J connectivity index is 1.96. The maximum Gasteiger partial charge on any atom is 0.212 e. The highest BCUT2D eigenvalue weighted by Gasteiger charge is 2.24. The molecule has 6 heteroatoms. The lowest BCUT2D eigenvalue weighted by atomic mass is 10.3. The van der Waals surface area contributed by atoms with Crippen LogP contribution in [0.25, 0.3) is 11.4 Å². The van der Waals surface area contributed by atoms with Gasteiger partial charge < -0.3 is 5.43 Å². The van der Waals surface area contributed by atoms with Gasteiger partial charge in [0.15, 0.2) is 5.82 Å². The van der Waals surface area contributed by atoms with Crippen LogP contribution in [0.3, 0.4) is 0 Å². The van der Waals surface area contributed by atoms with E-state index in [0.29, 0.717) is 0 Å². The predicted molar refractivity (Wildman–Crippen MR) is 67.1 cm³/mol. The molecule has 0 spiro atoms. The topological polar surface area (TPSA) is 55.6 Å². The lowest BCUT2D eigenvalue weighted by Crippen LogP contribution is -2.17. The number of rotatable bonds is 2. The molecule has 0 bridgehead atoms. The van der Waals surface area contributed by atoms with Crippen LogP contribution in [0.4, 0.5) is 0 Å². The van der Waals surface area contributed by atoms with Crippen LogP contribution in [0, 0.1) is 0 Å². The Morgan fingerprint density at radius 2 is 2.41 bits per heavy atom. The fraction of sp³-hybridized carbons (Fsp3) is 0.182. The van der Waals surface area contributed by atoms with Crippen molar-refractivity contribution in [1.29, 1.82) is 0 Å². The molecule has 0 saturated carbocycles. The second-order valence-electron chi connectivity index (χ2n) is 3.58. The van der Waals surface area contributed by atoms with Crippen LogP contribution in [0.1, 0.15) is 6.92 Å². The molecule has 1 aliphatic rings. The summed E-state index contributed by atoms with van der Waals surface area (Å²) in [5.41, 5.74) is 4.28. The monoisotopic (exact) mass is 245 g/mol. The smallest absolute Gasteiger partial charge is 0.212 e. The average Bonchev–Trinajstić information content (AvgIpc) is 2.90. The minimum absolute atomic E-state index is 0.223. The van der Waals surface area contributed by atoms with E-state index in [-0.39, 0.29) is 5.37 Å². The van der Waals surface area contributed by atoms with Gasteiger partial charge in [0.05, 0.1) is 0 Å². The molecule has 1 aliphatic heterocycles. The lowest BCUT2D eigenvalue weighted by molar-refractivity contribution is 0.811. The van der Waals surface area contributed by atoms with Crippen molar-refractivity contribution >= 4 is 11.8 Å². The van der Waals surface area contributed by atoms with Crippen LogP contribution in [0.5, 0.6) is 0 Å². The summed E-state index contributed by atoms with van der Waals surface area (Å²) in [6.07, 6.45) is 7.64. The summed E-state index contributed by atoms with van der Waals surface area (Å²) in [4.78, 5) is 4.09. The van der Waals surface area contributed by atoms with E-state index in [0.717, 1.165) is 16.5 Å². The van der Waals surface area contributed by atoms with Gasteiger partial charge in [-0.05, 0) is 19.1 Å². The van der Waals surface area contributed by atoms with E-state index in [2.05, 4.69) is 26.7 Å². The number of nitrogens with one attached hydrogen (secondary N) is 1. The van der Waals surface area contributed by atoms with Crippen LogP contribution >= 0.6 is 11.8 Å². The van der Waals surface area contributed by atoms with Gasteiger partial charge in [0.2, 0.25) is 5.16 Å². The molecule has 0 fully saturated rings. The summed E-state index contributed by atoms with van der Waals surface area (Å²) in [5, 5.41) is 9.43. The van der Waals surface area contributed by atoms with Gasteiger partial charge in [0, 0.05) is 18.0 Å². The van der Waals surface area contributed by atoms with E-state index >= 15 is 0 Å². The van der Waals surface area contributed by atoms with Crippen molar-refractivity contribution in [2.75, 3.05) is 5.43 Å². The summed E-state index contributed by atoms with van der Waals surface area (Å²) in [5.74, 6) is 0.799. The quantitative estimate of drug-likeness (QED) is 0.819. The van der Waals surface area contributed by atoms with Gasteiger partial charge in [-0.2, -0.15) is 0 Å². The first-order valence-electron chi connectivity index (χ1n) is 5.30. The van der Waals surface area contributed by atoms with Crippen molar-refractivity contribution in [3.05, 3.63) is 36.7 Å². The van der Waals surface area contributed by atoms with E-state index in [4.69, 9.17) is 0 Å². The number of hydrogen-bond donors (Lipinski definition) is 1.